The number of amides is 1. The Hall–Kier alpha value is -1.26. The molecule has 2 fully saturated rings. The van der Waals surface area contributed by atoms with Crippen LogP contribution >= 0.6 is 11.6 Å². The molecule has 1 atom stereocenters. The summed E-state index contributed by atoms with van der Waals surface area (Å²) in [6.07, 6.45) is 2.86. The maximum absolute atomic E-state index is 11.8. The zero-order valence-electron chi connectivity index (χ0n) is 11.6. The molecule has 0 spiro atoms. The number of halogens is 1. The summed E-state index contributed by atoms with van der Waals surface area (Å²) in [5.41, 5.74) is 1.14. The maximum atomic E-state index is 11.8. The number of benzene rings is 1. The summed E-state index contributed by atoms with van der Waals surface area (Å²) in [4.78, 5) is 13.5. The van der Waals surface area contributed by atoms with Gasteiger partial charge in [-0.25, -0.2) is 0 Å². The number of likely N-dealkylation sites (tertiary alicyclic amines) is 1. The molecule has 1 unspecified atom stereocenters. The van der Waals surface area contributed by atoms with E-state index in [0.717, 1.165) is 25.1 Å². The normalized spacial score (nSPS) is 22.4. The van der Waals surface area contributed by atoms with Gasteiger partial charge in [0.1, 0.15) is 5.75 Å². The van der Waals surface area contributed by atoms with Gasteiger partial charge in [0.2, 0.25) is 0 Å². The zero-order valence-corrected chi connectivity index (χ0v) is 12.3. The minimum atomic E-state index is -0.395. The fourth-order valence-electron chi connectivity index (χ4n) is 2.35. The molecule has 1 saturated heterocycles. The third kappa shape index (κ3) is 3.07. The Labute approximate surface area is 124 Å². The van der Waals surface area contributed by atoms with Crippen LogP contribution in [-0.4, -0.2) is 36.5 Å². The van der Waals surface area contributed by atoms with E-state index >= 15 is 0 Å². The van der Waals surface area contributed by atoms with Gasteiger partial charge in [0.05, 0.1) is 5.02 Å². The number of carbonyl (C=O) groups is 1. The van der Waals surface area contributed by atoms with Crippen molar-refractivity contribution in [2.75, 3.05) is 13.6 Å². The minimum absolute atomic E-state index is 0.0283. The highest BCUT2D eigenvalue weighted by Gasteiger charge is 2.31. The smallest absolute Gasteiger partial charge is 0.263 e. The van der Waals surface area contributed by atoms with Crippen LogP contribution in [-0.2, 0) is 11.3 Å². The molecule has 1 amide bonds. The van der Waals surface area contributed by atoms with E-state index < -0.39 is 6.10 Å². The van der Waals surface area contributed by atoms with Gasteiger partial charge in [-0.3, -0.25) is 4.79 Å². The second-order valence-electron chi connectivity index (χ2n) is 5.57. The monoisotopic (exact) mass is 294 g/mol. The van der Waals surface area contributed by atoms with Gasteiger partial charge >= 0.3 is 0 Å². The lowest BCUT2D eigenvalue weighted by Crippen LogP contribution is -2.29. The highest BCUT2D eigenvalue weighted by atomic mass is 35.5. The van der Waals surface area contributed by atoms with Gasteiger partial charge < -0.3 is 15.0 Å². The van der Waals surface area contributed by atoms with Gasteiger partial charge in [-0.1, -0.05) is 17.7 Å². The average molecular weight is 295 g/mol. The van der Waals surface area contributed by atoms with Gasteiger partial charge in [-0.15, -0.1) is 0 Å². The average Bonchev–Trinajstić information content (AvgIpc) is 3.21. The van der Waals surface area contributed by atoms with Crippen molar-refractivity contribution in [3.05, 3.63) is 28.8 Å². The number of ether oxygens (including phenoxy) is 1. The van der Waals surface area contributed by atoms with Crippen LogP contribution in [0.5, 0.6) is 5.75 Å². The predicted octanol–water partition coefficient (Wildman–Crippen LogP) is 2.20. The predicted molar refractivity (Wildman–Crippen MR) is 78.0 cm³/mol. The van der Waals surface area contributed by atoms with E-state index in [9.17, 15) is 4.79 Å². The van der Waals surface area contributed by atoms with Crippen LogP contribution in [0.25, 0.3) is 0 Å². The molecule has 0 bridgehead atoms. The molecule has 5 heteroatoms. The maximum Gasteiger partial charge on any atom is 0.263 e. The van der Waals surface area contributed by atoms with Crippen LogP contribution in [0, 0.1) is 0 Å². The van der Waals surface area contributed by atoms with E-state index in [1.54, 1.807) is 11.9 Å². The topological polar surface area (TPSA) is 41.6 Å². The Kier molecular flexibility index (Phi) is 3.85. The van der Waals surface area contributed by atoms with E-state index in [0.29, 0.717) is 16.8 Å². The Bertz CT molecular complexity index is 517. The lowest BCUT2D eigenvalue weighted by Gasteiger charge is -2.14. The first kappa shape index (κ1) is 13.7. The highest BCUT2D eigenvalue weighted by molar-refractivity contribution is 6.32. The summed E-state index contributed by atoms with van der Waals surface area (Å²) in [7, 11) is 1.79. The summed E-state index contributed by atoms with van der Waals surface area (Å²) < 4.78 is 5.74. The molecule has 1 aromatic rings. The molecule has 20 heavy (non-hydrogen) atoms. The number of rotatable bonds is 5. The van der Waals surface area contributed by atoms with Crippen molar-refractivity contribution in [1.29, 1.82) is 0 Å². The molecule has 1 aliphatic heterocycles. The standard InChI is InChI=1S/C15H19ClN2O2/c1-18-7-6-14(15(18)19)20-13-5-2-10(8-12(13)16)9-17-11-3-4-11/h2,5,8,11,14,17H,3-4,6-7,9H2,1H3. The molecule has 2 aliphatic rings. The highest BCUT2D eigenvalue weighted by Crippen LogP contribution is 2.29. The largest absolute Gasteiger partial charge is 0.479 e. The summed E-state index contributed by atoms with van der Waals surface area (Å²) in [5.74, 6) is 0.621. The Morgan fingerprint density at radius 3 is 2.80 bits per heavy atom. The number of carbonyl (C=O) groups excluding carboxylic acids is 1. The van der Waals surface area contributed by atoms with Crippen molar-refractivity contribution in [3.8, 4) is 5.75 Å². The van der Waals surface area contributed by atoms with E-state index in [2.05, 4.69) is 5.32 Å². The molecule has 1 heterocycles. The van der Waals surface area contributed by atoms with Crippen molar-refractivity contribution in [1.82, 2.24) is 10.2 Å². The second kappa shape index (κ2) is 5.62. The van der Waals surface area contributed by atoms with Crippen molar-refractivity contribution in [3.63, 3.8) is 0 Å². The van der Waals surface area contributed by atoms with Crippen molar-refractivity contribution < 1.29 is 9.53 Å². The number of nitrogens with one attached hydrogen (secondary N) is 1. The molecule has 1 aliphatic carbocycles. The van der Waals surface area contributed by atoms with Crippen molar-refractivity contribution >= 4 is 17.5 Å². The third-order valence-corrected chi connectivity index (χ3v) is 4.11. The summed E-state index contributed by atoms with van der Waals surface area (Å²) >= 11 is 6.25. The first-order valence-electron chi connectivity index (χ1n) is 7.07. The molecule has 108 valence electrons. The quantitative estimate of drug-likeness (QED) is 0.905. The Morgan fingerprint density at radius 2 is 2.20 bits per heavy atom. The van der Waals surface area contributed by atoms with E-state index in [1.807, 2.05) is 18.2 Å². The molecule has 0 radical (unpaired) electrons. The lowest BCUT2D eigenvalue weighted by atomic mass is 10.2. The summed E-state index contributed by atoms with van der Waals surface area (Å²) in [6.45, 7) is 1.57. The van der Waals surface area contributed by atoms with Gasteiger partial charge in [0.25, 0.3) is 5.91 Å². The van der Waals surface area contributed by atoms with Crippen LogP contribution in [0.3, 0.4) is 0 Å². The molecular weight excluding hydrogens is 276 g/mol. The van der Waals surface area contributed by atoms with Crippen LogP contribution < -0.4 is 10.1 Å². The fraction of sp³-hybridized carbons (Fsp3) is 0.533. The first-order valence-corrected chi connectivity index (χ1v) is 7.45. The van der Waals surface area contributed by atoms with Gasteiger partial charge in [-0.2, -0.15) is 0 Å². The molecule has 1 N–H and O–H groups in total. The van der Waals surface area contributed by atoms with E-state index in [-0.39, 0.29) is 5.91 Å². The second-order valence-corrected chi connectivity index (χ2v) is 5.98. The third-order valence-electron chi connectivity index (χ3n) is 3.82. The Balaban J connectivity index is 1.62. The SMILES string of the molecule is CN1CCC(Oc2ccc(CNC3CC3)cc2Cl)C1=O. The Morgan fingerprint density at radius 1 is 1.40 bits per heavy atom. The molecule has 1 aromatic carbocycles. The van der Waals surface area contributed by atoms with Gasteiger partial charge in [0.15, 0.2) is 6.10 Å². The number of likely N-dealkylation sites (N-methyl/N-ethyl adjacent to an activating group) is 1. The van der Waals surface area contributed by atoms with Crippen LogP contribution in [0.15, 0.2) is 18.2 Å². The zero-order chi connectivity index (χ0) is 14.1. The molecule has 1 saturated carbocycles. The minimum Gasteiger partial charge on any atom is -0.479 e. The van der Waals surface area contributed by atoms with Crippen LogP contribution in [0.1, 0.15) is 24.8 Å². The summed E-state index contributed by atoms with van der Waals surface area (Å²) in [6, 6.07) is 6.45. The van der Waals surface area contributed by atoms with Crippen LogP contribution in [0.4, 0.5) is 0 Å². The van der Waals surface area contributed by atoms with E-state index in [1.165, 1.54) is 12.8 Å². The number of hydrogen-bond acceptors (Lipinski definition) is 3. The first-order chi connectivity index (χ1) is 9.63. The van der Waals surface area contributed by atoms with Crippen molar-refractivity contribution in [2.24, 2.45) is 0 Å². The van der Waals surface area contributed by atoms with Crippen LogP contribution in [0.2, 0.25) is 5.02 Å². The van der Waals surface area contributed by atoms with Gasteiger partial charge in [-0.05, 0) is 30.5 Å². The number of nitrogens with zero attached hydrogens (tertiary/aromatic N) is 1. The molecule has 4 nitrogen and oxygen atoms in total. The number of hydrogen-bond donors (Lipinski definition) is 1. The summed E-state index contributed by atoms with van der Waals surface area (Å²) in [5, 5.41) is 4.02. The van der Waals surface area contributed by atoms with Gasteiger partial charge in [0, 0.05) is 32.6 Å². The van der Waals surface area contributed by atoms with E-state index in [4.69, 9.17) is 16.3 Å². The fourth-order valence-corrected chi connectivity index (χ4v) is 2.60. The lowest BCUT2D eigenvalue weighted by molar-refractivity contribution is -0.132. The van der Waals surface area contributed by atoms with Crippen molar-refractivity contribution in [2.45, 2.75) is 38.0 Å². The molecular formula is C15H19ClN2O2. The molecule has 3 rings (SSSR count). The molecule has 0 aromatic heterocycles.